The van der Waals surface area contributed by atoms with Crippen LogP contribution in [-0.2, 0) is 17.1 Å². The Morgan fingerprint density at radius 2 is 1.00 bits per heavy atom. The van der Waals surface area contributed by atoms with Crippen molar-refractivity contribution in [2.75, 3.05) is 0 Å². The molecule has 6 radical (unpaired) electrons. The quantitative estimate of drug-likeness (QED) is 0.441. The molecule has 0 bridgehead atoms. The molecule has 4 heavy (non-hydrogen) atoms. The molecule has 0 unspecified atom stereocenters. The summed E-state index contributed by atoms with van der Waals surface area (Å²) >= 11 is 0. The molecule has 0 spiro atoms. The average Bonchev–Trinajstić information content (AvgIpc) is 0. The smallest absolute Gasteiger partial charge is 0 e. The molecule has 4 heteroatoms. The fraction of sp³-hybridized carbons (Fsp3) is 0. The zero-order chi connectivity index (χ0) is 0. The summed E-state index contributed by atoms with van der Waals surface area (Å²) in [6.07, 6.45) is 0. The van der Waals surface area contributed by atoms with Crippen LogP contribution < -0.4 is 0 Å². The maximum absolute atomic E-state index is 0. The van der Waals surface area contributed by atoms with E-state index in [-0.39, 0.29) is 123 Å². The minimum atomic E-state index is 0. The van der Waals surface area contributed by atoms with Crippen molar-refractivity contribution in [3.05, 3.63) is 0 Å². The minimum absolute atomic E-state index is 0. The first-order valence-corrected chi connectivity index (χ1v) is 0. The Morgan fingerprint density at radius 1 is 1.00 bits per heavy atom. The maximum Gasteiger partial charge on any atom is 0 e. The Kier molecular flexibility index (Phi) is 96.2. The molecule has 14 valence electrons. The average molecular weight is 208 g/mol. The third kappa shape index (κ3) is 9.39. The molecule has 0 aliphatic heterocycles. The Balaban J connectivity index is 0. The van der Waals surface area contributed by atoms with Crippen molar-refractivity contribution in [2.24, 2.45) is 0 Å². The molecule has 0 atom stereocenters. The molecule has 0 saturated heterocycles. The fourth-order valence-corrected chi connectivity index (χ4v) is 0. The van der Waals surface area contributed by atoms with E-state index in [1.54, 1.807) is 0 Å². The predicted molar refractivity (Wildman–Crippen MR) is 17.3 cm³/mol. The van der Waals surface area contributed by atoms with Gasteiger partial charge in [0.25, 0.3) is 0 Å². The summed E-state index contributed by atoms with van der Waals surface area (Å²) in [6, 6.07) is 0. The van der Waals surface area contributed by atoms with Crippen LogP contribution in [0.2, 0.25) is 0 Å². The molecule has 0 aromatic rings. The first kappa shape index (κ1) is 24.4. The summed E-state index contributed by atoms with van der Waals surface area (Å²) in [5.41, 5.74) is 0. The molecule has 0 fully saturated rings. The first-order chi connectivity index (χ1) is 0. The Bertz CT molecular complexity index is 8.00. The predicted octanol–water partition coefficient (Wildman–Crippen LogP) is -1.14. The van der Waals surface area contributed by atoms with E-state index < -0.39 is 0 Å². The molecular formula is CaFeMgSr. The maximum atomic E-state index is 0. The molecule has 0 heterocycles. The summed E-state index contributed by atoms with van der Waals surface area (Å²) in [5, 5.41) is 0. The van der Waals surface area contributed by atoms with Gasteiger partial charge in [0.2, 0.25) is 0 Å². The van der Waals surface area contributed by atoms with Crippen LogP contribution in [0.3, 0.4) is 0 Å². The fourth-order valence-electron chi connectivity index (χ4n) is 0. The van der Waals surface area contributed by atoms with E-state index >= 15 is 0 Å². The van der Waals surface area contributed by atoms with E-state index in [1.165, 1.54) is 0 Å². The van der Waals surface area contributed by atoms with Crippen LogP contribution in [0.5, 0.6) is 0 Å². The van der Waals surface area contributed by atoms with Gasteiger partial charge >= 0.3 is 0 Å². The Labute approximate surface area is 120 Å². The van der Waals surface area contributed by atoms with Crippen LogP contribution in [0, 0.1) is 0 Å². The molecule has 0 saturated carbocycles. The van der Waals surface area contributed by atoms with Crippen molar-refractivity contribution in [2.45, 2.75) is 0 Å². The van der Waals surface area contributed by atoms with E-state index in [0.29, 0.717) is 0 Å². The third-order valence-corrected chi connectivity index (χ3v) is 0. The molecule has 0 N–H and O–H groups in total. The van der Waals surface area contributed by atoms with Gasteiger partial charge in [-0.1, -0.05) is 0 Å². The Hall–Kier alpha value is 4.03. The van der Waals surface area contributed by atoms with Crippen molar-refractivity contribution in [1.29, 1.82) is 0 Å². The molecule has 0 rings (SSSR count). The van der Waals surface area contributed by atoms with Gasteiger partial charge in [-0.2, -0.15) is 0 Å². The zero-order valence-electron chi connectivity index (χ0n) is 2.47. The second-order valence-electron chi connectivity index (χ2n) is 0. The number of hydrogen-bond acceptors (Lipinski definition) is 0. The van der Waals surface area contributed by atoms with Crippen LogP contribution in [-0.4, -0.2) is 106 Å². The topological polar surface area (TPSA) is 0 Å². The van der Waals surface area contributed by atoms with Gasteiger partial charge in [-0.3, -0.25) is 0 Å². The normalized spacial score (nSPS) is 0. The number of rotatable bonds is 0. The molecule has 0 aliphatic carbocycles. The van der Waals surface area contributed by atoms with Crippen molar-refractivity contribution in [3.8, 4) is 0 Å². The first-order valence-electron chi connectivity index (χ1n) is 0. The standard InChI is InChI=1S/Ca.Fe.Mg.Sr. The SMILES string of the molecule is [Ca].[Fe].[Mg].[Sr]. The molecule has 0 aliphatic rings. The zero-order valence-corrected chi connectivity index (χ0v) is 10.7. The molecule has 0 nitrogen and oxygen atoms in total. The van der Waals surface area contributed by atoms with Gasteiger partial charge in [0.1, 0.15) is 0 Å². The van der Waals surface area contributed by atoms with Crippen LogP contribution in [0.25, 0.3) is 0 Å². The van der Waals surface area contributed by atoms with Crippen molar-refractivity contribution < 1.29 is 17.1 Å². The van der Waals surface area contributed by atoms with Crippen molar-refractivity contribution in [1.82, 2.24) is 0 Å². The van der Waals surface area contributed by atoms with Crippen LogP contribution in [0.15, 0.2) is 0 Å². The van der Waals surface area contributed by atoms with Gasteiger partial charge in [0, 0.05) is 123 Å². The molecular weight excluding hydrogens is 208 g/mol. The summed E-state index contributed by atoms with van der Waals surface area (Å²) in [6.45, 7) is 0. The van der Waals surface area contributed by atoms with Crippen LogP contribution >= 0.6 is 0 Å². The van der Waals surface area contributed by atoms with E-state index in [1.807, 2.05) is 0 Å². The minimum Gasteiger partial charge on any atom is 0 e. The van der Waals surface area contributed by atoms with Crippen molar-refractivity contribution >= 4 is 106 Å². The molecule has 0 aromatic carbocycles. The van der Waals surface area contributed by atoms with Gasteiger partial charge in [0.15, 0.2) is 0 Å². The van der Waals surface area contributed by atoms with E-state index in [2.05, 4.69) is 0 Å². The van der Waals surface area contributed by atoms with Gasteiger partial charge in [0.05, 0.1) is 0 Å². The van der Waals surface area contributed by atoms with Gasteiger partial charge in [-0.25, -0.2) is 0 Å². The second kappa shape index (κ2) is 15.7. The van der Waals surface area contributed by atoms with E-state index in [9.17, 15) is 0 Å². The summed E-state index contributed by atoms with van der Waals surface area (Å²) in [7, 11) is 0. The summed E-state index contributed by atoms with van der Waals surface area (Å²) in [4.78, 5) is 0. The third-order valence-electron chi connectivity index (χ3n) is 0. The number of hydrogen-bond donors (Lipinski definition) is 0. The monoisotopic (exact) mass is 208 g/mol. The summed E-state index contributed by atoms with van der Waals surface area (Å²) < 4.78 is 0. The summed E-state index contributed by atoms with van der Waals surface area (Å²) in [5.74, 6) is 0. The van der Waals surface area contributed by atoms with Gasteiger partial charge < -0.3 is 0 Å². The van der Waals surface area contributed by atoms with Crippen LogP contribution in [0.4, 0.5) is 0 Å². The van der Waals surface area contributed by atoms with E-state index in [4.69, 9.17) is 0 Å². The molecule has 0 aromatic heterocycles. The van der Waals surface area contributed by atoms with Crippen molar-refractivity contribution in [3.63, 3.8) is 0 Å². The van der Waals surface area contributed by atoms with Gasteiger partial charge in [-0.05, 0) is 0 Å². The molecule has 0 amide bonds. The van der Waals surface area contributed by atoms with E-state index in [0.717, 1.165) is 0 Å². The second-order valence-corrected chi connectivity index (χ2v) is 0. The Morgan fingerprint density at radius 3 is 1.00 bits per heavy atom. The van der Waals surface area contributed by atoms with Crippen LogP contribution in [0.1, 0.15) is 0 Å². The largest absolute Gasteiger partial charge is 0 e. The van der Waals surface area contributed by atoms with Gasteiger partial charge in [-0.15, -0.1) is 0 Å².